The van der Waals surface area contributed by atoms with Gasteiger partial charge in [-0.15, -0.1) is 11.3 Å². The molecule has 0 spiro atoms. The van der Waals surface area contributed by atoms with Crippen LogP contribution in [-0.4, -0.2) is 48.0 Å². The Kier molecular flexibility index (Phi) is 4.62. The zero-order valence-corrected chi connectivity index (χ0v) is 14.8. The molecule has 1 aliphatic rings. The highest BCUT2D eigenvalue weighted by Gasteiger charge is 2.23. The average Bonchev–Trinajstić information content (AvgIpc) is 3.08. The second kappa shape index (κ2) is 6.49. The van der Waals surface area contributed by atoms with Crippen LogP contribution in [0.3, 0.4) is 0 Å². The van der Waals surface area contributed by atoms with Gasteiger partial charge in [0.1, 0.15) is 5.01 Å². The van der Waals surface area contributed by atoms with Crippen LogP contribution in [0.5, 0.6) is 0 Å². The van der Waals surface area contributed by atoms with Crippen LogP contribution in [0.1, 0.15) is 22.6 Å². The quantitative estimate of drug-likeness (QED) is 0.860. The van der Waals surface area contributed by atoms with Gasteiger partial charge in [-0.2, -0.15) is 0 Å². The van der Waals surface area contributed by atoms with Crippen molar-refractivity contribution in [1.29, 1.82) is 0 Å². The van der Waals surface area contributed by atoms with Gasteiger partial charge < -0.3 is 4.90 Å². The topological polar surface area (TPSA) is 19.4 Å². The van der Waals surface area contributed by atoms with Crippen molar-refractivity contribution in [3.8, 4) is 10.6 Å². The van der Waals surface area contributed by atoms with Crippen molar-refractivity contribution in [3.05, 3.63) is 40.4 Å². The first-order valence-electron chi connectivity index (χ1n) is 7.95. The number of thiazole rings is 1. The molecule has 1 fully saturated rings. The normalized spacial score (nSPS) is 19.2. The standard InChI is InChI=1S/C18H25N3S/c1-13-14(2)22-18(19-13)16-7-5-15(6-8-16)11-21-10-9-17(12-21)20(3)4/h5-8,17H,9-12H2,1-4H3. The number of rotatable bonds is 4. The zero-order valence-electron chi connectivity index (χ0n) is 14.0. The number of nitrogens with zero attached hydrogens (tertiary/aromatic N) is 3. The molecule has 22 heavy (non-hydrogen) atoms. The van der Waals surface area contributed by atoms with Crippen LogP contribution in [0.4, 0.5) is 0 Å². The maximum Gasteiger partial charge on any atom is 0.123 e. The van der Waals surface area contributed by atoms with E-state index < -0.39 is 0 Å². The summed E-state index contributed by atoms with van der Waals surface area (Å²) in [4.78, 5) is 10.9. The van der Waals surface area contributed by atoms with Crippen molar-refractivity contribution in [3.63, 3.8) is 0 Å². The van der Waals surface area contributed by atoms with Crippen LogP contribution in [0.2, 0.25) is 0 Å². The molecule has 0 N–H and O–H groups in total. The summed E-state index contributed by atoms with van der Waals surface area (Å²) in [6, 6.07) is 9.65. The molecule has 0 aliphatic carbocycles. The molecule has 1 saturated heterocycles. The molecule has 0 bridgehead atoms. The van der Waals surface area contributed by atoms with E-state index in [0.29, 0.717) is 6.04 Å². The van der Waals surface area contributed by atoms with Gasteiger partial charge in [0.05, 0.1) is 5.69 Å². The molecule has 1 unspecified atom stereocenters. The first-order chi connectivity index (χ1) is 10.5. The van der Waals surface area contributed by atoms with E-state index in [-0.39, 0.29) is 0 Å². The Morgan fingerprint density at radius 1 is 1.23 bits per heavy atom. The minimum absolute atomic E-state index is 0.709. The van der Waals surface area contributed by atoms with E-state index in [4.69, 9.17) is 0 Å². The summed E-state index contributed by atoms with van der Waals surface area (Å²) in [5, 5.41) is 1.13. The number of hydrogen-bond donors (Lipinski definition) is 0. The lowest BCUT2D eigenvalue weighted by atomic mass is 10.1. The Morgan fingerprint density at radius 3 is 2.50 bits per heavy atom. The molecular weight excluding hydrogens is 290 g/mol. The molecule has 1 aliphatic heterocycles. The molecule has 1 aromatic heterocycles. The van der Waals surface area contributed by atoms with Crippen molar-refractivity contribution in [2.24, 2.45) is 0 Å². The second-order valence-electron chi connectivity index (χ2n) is 6.50. The number of aromatic nitrogens is 1. The fraction of sp³-hybridized carbons (Fsp3) is 0.500. The third-order valence-corrected chi connectivity index (χ3v) is 5.74. The first-order valence-corrected chi connectivity index (χ1v) is 8.76. The van der Waals surface area contributed by atoms with Gasteiger partial charge in [0.25, 0.3) is 0 Å². The third kappa shape index (κ3) is 3.40. The van der Waals surface area contributed by atoms with E-state index in [1.807, 2.05) is 0 Å². The summed E-state index contributed by atoms with van der Waals surface area (Å²) in [7, 11) is 4.36. The second-order valence-corrected chi connectivity index (χ2v) is 7.70. The average molecular weight is 315 g/mol. The Balaban J connectivity index is 1.65. The SMILES string of the molecule is Cc1nc(-c2ccc(CN3CCC(N(C)C)C3)cc2)sc1C. The summed E-state index contributed by atoms with van der Waals surface area (Å²) >= 11 is 1.78. The molecule has 2 aromatic rings. The summed E-state index contributed by atoms with van der Waals surface area (Å²) in [5.74, 6) is 0. The van der Waals surface area contributed by atoms with Crippen LogP contribution in [0.15, 0.2) is 24.3 Å². The lowest BCUT2D eigenvalue weighted by molar-refractivity contribution is 0.264. The molecule has 0 saturated carbocycles. The number of benzene rings is 1. The van der Waals surface area contributed by atoms with E-state index in [1.54, 1.807) is 11.3 Å². The van der Waals surface area contributed by atoms with Crippen molar-refractivity contribution < 1.29 is 0 Å². The molecular formula is C18H25N3S. The fourth-order valence-electron chi connectivity index (χ4n) is 2.98. The van der Waals surface area contributed by atoms with E-state index >= 15 is 0 Å². The van der Waals surface area contributed by atoms with Crippen LogP contribution < -0.4 is 0 Å². The molecule has 118 valence electrons. The monoisotopic (exact) mass is 315 g/mol. The van der Waals surface area contributed by atoms with Crippen LogP contribution in [-0.2, 0) is 6.54 Å². The van der Waals surface area contributed by atoms with Gasteiger partial charge >= 0.3 is 0 Å². The summed E-state index contributed by atoms with van der Waals surface area (Å²) in [6.07, 6.45) is 1.28. The molecule has 2 heterocycles. The number of likely N-dealkylation sites (N-methyl/N-ethyl adjacent to an activating group) is 1. The van der Waals surface area contributed by atoms with Gasteiger partial charge in [0, 0.05) is 36.1 Å². The van der Waals surface area contributed by atoms with Crippen LogP contribution in [0.25, 0.3) is 10.6 Å². The fourth-order valence-corrected chi connectivity index (χ4v) is 3.90. The molecule has 1 aromatic carbocycles. The predicted molar refractivity (Wildman–Crippen MR) is 94.4 cm³/mol. The first kappa shape index (κ1) is 15.7. The van der Waals surface area contributed by atoms with Gasteiger partial charge in [-0.25, -0.2) is 4.98 Å². The van der Waals surface area contributed by atoms with Crippen LogP contribution >= 0.6 is 11.3 Å². The highest BCUT2D eigenvalue weighted by molar-refractivity contribution is 7.15. The highest BCUT2D eigenvalue weighted by atomic mass is 32.1. The molecule has 0 amide bonds. The lowest BCUT2D eigenvalue weighted by Gasteiger charge is -2.20. The van der Waals surface area contributed by atoms with Gasteiger partial charge in [0.2, 0.25) is 0 Å². The number of likely N-dealkylation sites (tertiary alicyclic amines) is 1. The molecule has 0 radical (unpaired) electrons. The van der Waals surface area contributed by atoms with E-state index in [1.165, 1.54) is 35.5 Å². The summed E-state index contributed by atoms with van der Waals surface area (Å²) in [6.45, 7) is 7.66. The molecule has 1 atom stereocenters. The number of aryl methyl sites for hydroxylation is 2. The Morgan fingerprint density at radius 2 is 1.95 bits per heavy atom. The smallest absolute Gasteiger partial charge is 0.123 e. The highest BCUT2D eigenvalue weighted by Crippen LogP contribution is 2.27. The zero-order chi connectivity index (χ0) is 15.7. The van der Waals surface area contributed by atoms with E-state index in [0.717, 1.165) is 17.2 Å². The van der Waals surface area contributed by atoms with Gasteiger partial charge in [0.15, 0.2) is 0 Å². The Labute approximate surface area is 137 Å². The summed E-state index contributed by atoms with van der Waals surface area (Å²) in [5.41, 5.74) is 3.78. The maximum atomic E-state index is 4.65. The van der Waals surface area contributed by atoms with E-state index in [2.05, 4.69) is 67.0 Å². The van der Waals surface area contributed by atoms with Gasteiger partial charge in [-0.1, -0.05) is 24.3 Å². The van der Waals surface area contributed by atoms with E-state index in [9.17, 15) is 0 Å². The van der Waals surface area contributed by atoms with Crippen LogP contribution in [0, 0.1) is 13.8 Å². The van der Waals surface area contributed by atoms with Gasteiger partial charge in [-0.3, -0.25) is 4.90 Å². The molecule has 3 rings (SSSR count). The molecule has 4 heteroatoms. The van der Waals surface area contributed by atoms with Crippen molar-refractivity contribution in [2.45, 2.75) is 32.9 Å². The summed E-state index contributed by atoms with van der Waals surface area (Å²) < 4.78 is 0. The Bertz CT molecular complexity index is 611. The predicted octanol–water partition coefficient (Wildman–Crippen LogP) is 3.56. The van der Waals surface area contributed by atoms with Crippen molar-refractivity contribution in [1.82, 2.24) is 14.8 Å². The van der Waals surface area contributed by atoms with Crippen molar-refractivity contribution >= 4 is 11.3 Å². The van der Waals surface area contributed by atoms with Crippen molar-refractivity contribution in [2.75, 3.05) is 27.2 Å². The third-order valence-electron chi connectivity index (χ3n) is 4.61. The molecule has 3 nitrogen and oxygen atoms in total. The maximum absolute atomic E-state index is 4.65. The largest absolute Gasteiger partial charge is 0.305 e. The minimum atomic E-state index is 0.709. The minimum Gasteiger partial charge on any atom is -0.305 e. The van der Waals surface area contributed by atoms with Gasteiger partial charge in [-0.05, 0) is 39.9 Å². The Hall–Kier alpha value is -1.23. The number of hydrogen-bond acceptors (Lipinski definition) is 4. The lowest BCUT2D eigenvalue weighted by Crippen LogP contribution is -2.31.